The zero-order chi connectivity index (χ0) is 15.2. The molecule has 116 valence electrons. The molecule has 3 nitrogen and oxygen atoms in total. The Kier molecular flexibility index (Phi) is 5.07. The van der Waals surface area contributed by atoms with E-state index in [1.807, 2.05) is 42.5 Å². The van der Waals surface area contributed by atoms with Crippen LogP contribution >= 0.6 is 0 Å². The highest BCUT2D eigenvalue weighted by atomic mass is 16.3. The first kappa shape index (κ1) is 15.0. The largest absolute Gasteiger partial charge is 0.468 e. The van der Waals surface area contributed by atoms with E-state index < -0.39 is 0 Å². The quantitative estimate of drug-likeness (QED) is 0.808. The van der Waals surface area contributed by atoms with Gasteiger partial charge >= 0.3 is 0 Å². The van der Waals surface area contributed by atoms with Crippen LogP contribution in [0.5, 0.6) is 0 Å². The first-order valence-corrected chi connectivity index (χ1v) is 8.16. The molecule has 0 unspecified atom stereocenters. The third-order valence-electron chi connectivity index (χ3n) is 4.37. The van der Waals surface area contributed by atoms with Crippen molar-refractivity contribution in [2.45, 2.75) is 38.1 Å². The Balaban J connectivity index is 1.68. The predicted octanol–water partition coefficient (Wildman–Crippen LogP) is 4.01. The molecule has 1 atom stereocenters. The number of hydrogen-bond donors (Lipinski definition) is 0. The van der Waals surface area contributed by atoms with Gasteiger partial charge in [-0.2, -0.15) is 0 Å². The molecule has 0 saturated carbocycles. The lowest BCUT2D eigenvalue weighted by atomic mass is 9.99. The molecule has 1 saturated heterocycles. The summed E-state index contributed by atoms with van der Waals surface area (Å²) in [5, 5.41) is 0. The summed E-state index contributed by atoms with van der Waals surface area (Å²) in [7, 11) is 0. The van der Waals surface area contributed by atoms with Gasteiger partial charge in [0.25, 0.3) is 0 Å². The monoisotopic (exact) mass is 297 g/mol. The lowest BCUT2D eigenvalue weighted by molar-refractivity contribution is -0.120. The van der Waals surface area contributed by atoms with E-state index in [0.29, 0.717) is 12.8 Å². The third-order valence-corrected chi connectivity index (χ3v) is 4.37. The second kappa shape index (κ2) is 7.41. The van der Waals surface area contributed by atoms with Crippen LogP contribution in [0.1, 0.15) is 43.0 Å². The minimum atomic E-state index is 0.0894. The van der Waals surface area contributed by atoms with Crippen molar-refractivity contribution in [2.75, 3.05) is 13.1 Å². The van der Waals surface area contributed by atoms with E-state index in [1.165, 1.54) is 19.3 Å². The Hall–Kier alpha value is -1.87. The molecule has 2 heterocycles. The van der Waals surface area contributed by atoms with Crippen molar-refractivity contribution in [1.29, 1.82) is 0 Å². The fourth-order valence-electron chi connectivity index (χ4n) is 3.23. The number of Topliss-reactive ketones (excluding diaryl/α,β-unsaturated/α-hetero) is 1. The Bertz CT molecular complexity index is 571. The van der Waals surface area contributed by atoms with Crippen LogP contribution in [0.3, 0.4) is 0 Å². The van der Waals surface area contributed by atoms with Gasteiger partial charge in [0.1, 0.15) is 11.5 Å². The molecular formula is C19H23NO2. The molecular weight excluding hydrogens is 274 g/mol. The van der Waals surface area contributed by atoms with Crippen molar-refractivity contribution < 1.29 is 9.21 Å². The molecule has 1 fully saturated rings. The molecule has 3 rings (SSSR count). The maximum absolute atomic E-state index is 12.5. The number of hydrogen-bond acceptors (Lipinski definition) is 3. The SMILES string of the molecule is O=C(Cc1ccccc1)C[C@@H](c1ccco1)N1CCCCC1. The van der Waals surface area contributed by atoms with Gasteiger partial charge < -0.3 is 4.42 Å². The number of carbonyl (C=O) groups is 1. The number of carbonyl (C=O) groups excluding carboxylic acids is 1. The van der Waals surface area contributed by atoms with E-state index in [1.54, 1.807) is 6.26 Å². The normalized spacial score (nSPS) is 17.3. The second-order valence-corrected chi connectivity index (χ2v) is 6.03. The van der Waals surface area contributed by atoms with E-state index in [-0.39, 0.29) is 11.8 Å². The lowest BCUT2D eigenvalue weighted by Gasteiger charge is -2.33. The average molecular weight is 297 g/mol. The van der Waals surface area contributed by atoms with Crippen LogP contribution in [0, 0.1) is 0 Å². The number of rotatable bonds is 6. The number of likely N-dealkylation sites (tertiary alicyclic amines) is 1. The van der Waals surface area contributed by atoms with Crippen LogP contribution in [-0.2, 0) is 11.2 Å². The number of benzene rings is 1. The van der Waals surface area contributed by atoms with Gasteiger partial charge in [-0.3, -0.25) is 9.69 Å². The van der Waals surface area contributed by atoms with Crippen molar-refractivity contribution in [3.63, 3.8) is 0 Å². The second-order valence-electron chi connectivity index (χ2n) is 6.03. The van der Waals surface area contributed by atoms with E-state index in [0.717, 1.165) is 24.4 Å². The van der Waals surface area contributed by atoms with Gasteiger partial charge in [0.2, 0.25) is 0 Å². The molecule has 1 aliphatic heterocycles. The van der Waals surface area contributed by atoms with Crippen LogP contribution in [0.2, 0.25) is 0 Å². The summed E-state index contributed by atoms with van der Waals surface area (Å²) in [5.41, 5.74) is 1.09. The lowest BCUT2D eigenvalue weighted by Crippen LogP contribution is -2.35. The maximum atomic E-state index is 12.5. The van der Waals surface area contributed by atoms with Gasteiger partial charge in [0.15, 0.2) is 0 Å². The summed E-state index contributed by atoms with van der Waals surface area (Å²) in [6.45, 7) is 2.12. The van der Waals surface area contributed by atoms with E-state index in [9.17, 15) is 4.79 Å². The summed E-state index contributed by atoms with van der Waals surface area (Å²) < 4.78 is 5.61. The molecule has 0 bridgehead atoms. The Labute approximate surface area is 131 Å². The summed E-state index contributed by atoms with van der Waals surface area (Å²) >= 11 is 0. The molecule has 0 amide bonds. The smallest absolute Gasteiger partial charge is 0.139 e. The summed E-state index contributed by atoms with van der Waals surface area (Å²) in [6, 6.07) is 14.0. The fraction of sp³-hybridized carbons (Fsp3) is 0.421. The minimum Gasteiger partial charge on any atom is -0.468 e. The molecule has 0 spiro atoms. The van der Waals surface area contributed by atoms with Gasteiger partial charge in [-0.1, -0.05) is 36.8 Å². The Morgan fingerprint density at radius 1 is 1.05 bits per heavy atom. The molecule has 1 aromatic heterocycles. The third kappa shape index (κ3) is 3.86. The van der Waals surface area contributed by atoms with Crippen LogP contribution in [0.4, 0.5) is 0 Å². The summed E-state index contributed by atoms with van der Waals surface area (Å²) in [6.07, 6.45) is 6.45. The molecule has 3 heteroatoms. The summed E-state index contributed by atoms with van der Waals surface area (Å²) in [5.74, 6) is 1.20. The van der Waals surface area contributed by atoms with Gasteiger partial charge in [-0.25, -0.2) is 0 Å². The Morgan fingerprint density at radius 2 is 1.82 bits per heavy atom. The average Bonchev–Trinajstić information content (AvgIpc) is 3.08. The van der Waals surface area contributed by atoms with Gasteiger partial charge in [0.05, 0.1) is 12.3 Å². The molecule has 2 aromatic rings. The highest BCUT2D eigenvalue weighted by Gasteiger charge is 2.26. The van der Waals surface area contributed by atoms with Crippen LogP contribution < -0.4 is 0 Å². The molecule has 0 aliphatic carbocycles. The van der Waals surface area contributed by atoms with Crippen molar-refractivity contribution in [3.05, 3.63) is 60.1 Å². The van der Waals surface area contributed by atoms with Crippen molar-refractivity contribution >= 4 is 5.78 Å². The molecule has 22 heavy (non-hydrogen) atoms. The Morgan fingerprint density at radius 3 is 2.50 bits per heavy atom. The van der Waals surface area contributed by atoms with Gasteiger partial charge in [-0.15, -0.1) is 0 Å². The molecule has 1 aliphatic rings. The van der Waals surface area contributed by atoms with Crippen LogP contribution in [0.15, 0.2) is 53.1 Å². The van der Waals surface area contributed by atoms with Crippen LogP contribution in [-0.4, -0.2) is 23.8 Å². The molecule has 1 aromatic carbocycles. The summed E-state index contributed by atoms with van der Waals surface area (Å²) in [4.78, 5) is 14.9. The van der Waals surface area contributed by atoms with Crippen molar-refractivity contribution in [2.24, 2.45) is 0 Å². The highest BCUT2D eigenvalue weighted by Crippen LogP contribution is 2.28. The molecule has 0 N–H and O–H groups in total. The van der Waals surface area contributed by atoms with Crippen LogP contribution in [0.25, 0.3) is 0 Å². The molecule has 0 radical (unpaired) electrons. The van der Waals surface area contributed by atoms with E-state index in [2.05, 4.69) is 4.90 Å². The van der Waals surface area contributed by atoms with E-state index in [4.69, 9.17) is 4.42 Å². The maximum Gasteiger partial charge on any atom is 0.139 e. The zero-order valence-electron chi connectivity index (χ0n) is 12.9. The zero-order valence-corrected chi connectivity index (χ0v) is 12.9. The number of nitrogens with zero attached hydrogens (tertiary/aromatic N) is 1. The van der Waals surface area contributed by atoms with Gasteiger partial charge in [-0.05, 0) is 43.6 Å². The first-order chi connectivity index (χ1) is 10.8. The number of piperidine rings is 1. The first-order valence-electron chi connectivity index (χ1n) is 8.16. The highest BCUT2D eigenvalue weighted by molar-refractivity contribution is 5.81. The van der Waals surface area contributed by atoms with Crippen molar-refractivity contribution in [1.82, 2.24) is 4.90 Å². The standard InChI is InChI=1S/C19H23NO2/c21-17(14-16-8-3-1-4-9-16)15-18(19-10-7-13-22-19)20-11-5-2-6-12-20/h1,3-4,7-10,13,18H,2,5-6,11-12,14-15H2/t18-/m0/s1. The fourth-order valence-corrected chi connectivity index (χ4v) is 3.23. The van der Waals surface area contributed by atoms with Gasteiger partial charge in [0, 0.05) is 12.8 Å². The number of ketones is 1. The van der Waals surface area contributed by atoms with Crippen molar-refractivity contribution in [3.8, 4) is 0 Å². The number of furan rings is 1. The van der Waals surface area contributed by atoms with E-state index >= 15 is 0 Å². The predicted molar refractivity (Wildman–Crippen MR) is 86.6 cm³/mol. The minimum absolute atomic E-state index is 0.0894. The topological polar surface area (TPSA) is 33.5 Å².